The van der Waals surface area contributed by atoms with E-state index in [1.807, 2.05) is 25.1 Å². The van der Waals surface area contributed by atoms with Crippen LogP contribution in [0.1, 0.15) is 50.4 Å². The Balaban J connectivity index is 2.34. The van der Waals surface area contributed by atoms with Crippen molar-refractivity contribution in [3.8, 4) is 0 Å². The van der Waals surface area contributed by atoms with E-state index in [1.54, 1.807) is 0 Å². The van der Waals surface area contributed by atoms with Gasteiger partial charge in [-0.1, -0.05) is 26.0 Å². The Morgan fingerprint density at radius 2 is 2.00 bits per heavy atom. The van der Waals surface area contributed by atoms with Crippen molar-refractivity contribution in [3.05, 3.63) is 29.8 Å². The smallest absolute Gasteiger partial charge is 0.164 e. The zero-order valence-corrected chi connectivity index (χ0v) is 11.6. The molecule has 2 nitrogen and oxygen atoms in total. The minimum Gasteiger partial charge on any atom is -0.368 e. The number of para-hydroxylation sites is 1. The van der Waals surface area contributed by atoms with Crippen molar-refractivity contribution in [2.75, 3.05) is 11.4 Å². The number of benzene rings is 1. The molecule has 2 rings (SSSR count). The van der Waals surface area contributed by atoms with Gasteiger partial charge in [-0.25, -0.2) is 0 Å². The number of ketones is 1. The summed E-state index contributed by atoms with van der Waals surface area (Å²) in [6.07, 6.45) is 3.09. The molecule has 2 atom stereocenters. The van der Waals surface area contributed by atoms with Crippen molar-refractivity contribution >= 4 is 11.5 Å². The molecule has 1 fully saturated rings. The van der Waals surface area contributed by atoms with Gasteiger partial charge in [0.15, 0.2) is 5.78 Å². The van der Waals surface area contributed by atoms with E-state index in [1.165, 1.54) is 12.8 Å². The monoisotopic (exact) mass is 245 g/mol. The fraction of sp³-hybridized carbons (Fsp3) is 0.562. The fourth-order valence-electron chi connectivity index (χ4n) is 2.77. The summed E-state index contributed by atoms with van der Waals surface area (Å²) >= 11 is 0. The highest BCUT2D eigenvalue weighted by molar-refractivity contribution is 6.01. The van der Waals surface area contributed by atoms with Crippen LogP contribution in [0.15, 0.2) is 24.3 Å². The fourth-order valence-corrected chi connectivity index (χ4v) is 2.77. The van der Waals surface area contributed by atoms with Crippen molar-refractivity contribution in [2.24, 2.45) is 5.92 Å². The quantitative estimate of drug-likeness (QED) is 0.753. The molecule has 0 amide bonds. The van der Waals surface area contributed by atoms with Crippen LogP contribution in [0.5, 0.6) is 0 Å². The normalized spacial score (nSPS) is 24.1. The Morgan fingerprint density at radius 3 is 2.72 bits per heavy atom. The van der Waals surface area contributed by atoms with Crippen LogP contribution in [0, 0.1) is 5.92 Å². The lowest BCUT2D eigenvalue weighted by Gasteiger charge is -2.39. The molecule has 0 spiro atoms. The predicted octanol–water partition coefficient (Wildman–Crippen LogP) is 3.90. The van der Waals surface area contributed by atoms with Crippen molar-refractivity contribution in [3.63, 3.8) is 0 Å². The molecule has 1 aromatic carbocycles. The van der Waals surface area contributed by atoms with Crippen molar-refractivity contribution in [1.29, 1.82) is 0 Å². The number of Topliss-reactive ketones (excluding diaryl/α,β-unsaturated/α-hetero) is 1. The molecule has 0 aromatic heterocycles. The van der Waals surface area contributed by atoms with E-state index < -0.39 is 0 Å². The van der Waals surface area contributed by atoms with Gasteiger partial charge in [0.25, 0.3) is 0 Å². The standard InChI is InChI=1S/C16H23NO/c1-4-16(18)14-7-5-6-8-15(14)17-11-12(2)9-10-13(17)3/h5-8,12-13H,4,9-11H2,1-3H3. The lowest BCUT2D eigenvalue weighted by atomic mass is 9.93. The molecule has 1 heterocycles. The number of rotatable bonds is 3. The first-order valence-electron chi connectivity index (χ1n) is 7.02. The van der Waals surface area contributed by atoms with Gasteiger partial charge in [-0.05, 0) is 37.8 Å². The summed E-state index contributed by atoms with van der Waals surface area (Å²) in [5.41, 5.74) is 2.02. The summed E-state index contributed by atoms with van der Waals surface area (Å²) in [6, 6.07) is 8.59. The Bertz CT molecular complexity index is 427. The zero-order valence-electron chi connectivity index (χ0n) is 11.6. The van der Waals surface area contributed by atoms with Crippen LogP contribution in [0.3, 0.4) is 0 Å². The zero-order chi connectivity index (χ0) is 13.1. The van der Waals surface area contributed by atoms with Gasteiger partial charge in [-0.2, -0.15) is 0 Å². The molecule has 0 N–H and O–H groups in total. The van der Waals surface area contributed by atoms with Crippen molar-refractivity contribution in [1.82, 2.24) is 0 Å². The second kappa shape index (κ2) is 5.55. The highest BCUT2D eigenvalue weighted by atomic mass is 16.1. The van der Waals surface area contributed by atoms with E-state index in [0.29, 0.717) is 18.4 Å². The number of carbonyl (C=O) groups excluding carboxylic acids is 1. The molecule has 1 aromatic rings. The topological polar surface area (TPSA) is 20.3 Å². The molecule has 0 saturated carbocycles. The van der Waals surface area contributed by atoms with Gasteiger partial charge in [-0.3, -0.25) is 4.79 Å². The average Bonchev–Trinajstić information content (AvgIpc) is 2.40. The maximum Gasteiger partial charge on any atom is 0.164 e. The number of carbonyl (C=O) groups is 1. The first kappa shape index (κ1) is 13.1. The lowest BCUT2D eigenvalue weighted by molar-refractivity contribution is 0.0988. The number of nitrogens with zero attached hydrogens (tertiary/aromatic N) is 1. The largest absolute Gasteiger partial charge is 0.368 e. The van der Waals surface area contributed by atoms with Gasteiger partial charge in [0.05, 0.1) is 0 Å². The highest BCUT2D eigenvalue weighted by Crippen LogP contribution is 2.30. The number of hydrogen-bond donors (Lipinski definition) is 0. The van der Waals surface area contributed by atoms with Crippen LogP contribution >= 0.6 is 0 Å². The molecule has 1 aliphatic heterocycles. The number of piperidine rings is 1. The molecule has 2 heteroatoms. The van der Waals surface area contributed by atoms with Crippen LogP contribution in [-0.2, 0) is 0 Å². The third-order valence-electron chi connectivity index (χ3n) is 3.95. The third kappa shape index (κ3) is 2.58. The molecule has 2 unspecified atom stereocenters. The maximum absolute atomic E-state index is 12.0. The summed E-state index contributed by atoms with van der Waals surface area (Å²) < 4.78 is 0. The van der Waals surface area contributed by atoms with E-state index in [9.17, 15) is 4.79 Å². The lowest BCUT2D eigenvalue weighted by Crippen LogP contribution is -2.41. The summed E-state index contributed by atoms with van der Waals surface area (Å²) in [7, 11) is 0. The van der Waals surface area contributed by atoms with Gasteiger partial charge in [0.2, 0.25) is 0 Å². The summed E-state index contributed by atoms with van der Waals surface area (Å²) in [4.78, 5) is 14.5. The Labute approximate surface area is 110 Å². The number of hydrogen-bond acceptors (Lipinski definition) is 2. The SMILES string of the molecule is CCC(=O)c1ccccc1N1CC(C)CCC1C. The summed E-state index contributed by atoms with van der Waals surface area (Å²) in [5.74, 6) is 0.960. The molecule has 0 radical (unpaired) electrons. The van der Waals surface area contributed by atoms with Gasteiger partial charge < -0.3 is 4.90 Å². The first-order valence-corrected chi connectivity index (χ1v) is 7.02. The van der Waals surface area contributed by atoms with Gasteiger partial charge in [0.1, 0.15) is 0 Å². The molecule has 1 saturated heterocycles. The van der Waals surface area contributed by atoms with Crippen molar-refractivity contribution < 1.29 is 4.79 Å². The van der Waals surface area contributed by atoms with Crippen LogP contribution in [-0.4, -0.2) is 18.4 Å². The molecular weight excluding hydrogens is 222 g/mol. The minimum atomic E-state index is 0.246. The van der Waals surface area contributed by atoms with E-state index in [-0.39, 0.29) is 5.78 Å². The van der Waals surface area contributed by atoms with Crippen LogP contribution < -0.4 is 4.90 Å². The van der Waals surface area contributed by atoms with Gasteiger partial charge in [-0.15, -0.1) is 0 Å². The predicted molar refractivity (Wildman–Crippen MR) is 76.3 cm³/mol. The maximum atomic E-state index is 12.0. The molecule has 98 valence electrons. The Hall–Kier alpha value is -1.31. The van der Waals surface area contributed by atoms with Crippen LogP contribution in [0.4, 0.5) is 5.69 Å². The van der Waals surface area contributed by atoms with E-state index in [4.69, 9.17) is 0 Å². The Kier molecular flexibility index (Phi) is 4.05. The van der Waals surface area contributed by atoms with E-state index in [2.05, 4.69) is 24.8 Å². The molecule has 1 aliphatic rings. The van der Waals surface area contributed by atoms with Gasteiger partial charge in [0, 0.05) is 30.3 Å². The second-order valence-corrected chi connectivity index (χ2v) is 5.48. The molecular formula is C16H23NO. The van der Waals surface area contributed by atoms with Crippen LogP contribution in [0.2, 0.25) is 0 Å². The molecule has 0 bridgehead atoms. The van der Waals surface area contributed by atoms with Crippen molar-refractivity contribution in [2.45, 2.75) is 46.1 Å². The highest BCUT2D eigenvalue weighted by Gasteiger charge is 2.25. The minimum absolute atomic E-state index is 0.246. The Morgan fingerprint density at radius 1 is 1.28 bits per heavy atom. The average molecular weight is 245 g/mol. The number of anilines is 1. The third-order valence-corrected chi connectivity index (χ3v) is 3.95. The molecule has 0 aliphatic carbocycles. The van der Waals surface area contributed by atoms with Gasteiger partial charge >= 0.3 is 0 Å². The summed E-state index contributed by atoms with van der Waals surface area (Å²) in [5, 5.41) is 0. The second-order valence-electron chi connectivity index (χ2n) is 5.48. The van der Waals surface area contributed by atoms with E-state index in [0.717, 1.165) is 17.8 Å². The first-order chi connectivity index (χ1) is 8.63. The summed E-state index contributed by atoms with van der Waals surface area (Å²) in [6.45, 7) is 7.55. The molecule has 18 heavy (non-hydrogen) atoms. The van der Waals surface area contributed by atoms with E-state index >= 15 is 0 Å². The van der Waals surface area contributed by atoms with Crippen LogP contribution in [0.25, 0.3) is 0 Å².